The van der Waals surface area contributed by atoms with E-state index in [1.54, 1.807) is 0 Å². The van der Waals surface area contributed by atoms with Gasteiger partial charge in [-0.3, -0.25) is 4.79 Å². The van der Waals surface area contributed by atoms with E-state index in [4.69, 9.17) is 4.74 Å². The number of carbonyl (C=O) groups is 1. The minimum Gasteiger partial charge on any atom is -0.394 e. The second-order valence-electron chi connectivity index (χ2n) is 6.24. The predicted octanol–water partition coefficient (Wildman–Crippen LogP) is 1.56. The zero-order valence-corrected chi connectivity index (χ0v) is 11.5. The molecular weight excluding hydrogens is 230 g/mol. The van der Waals surface area contributed by atoms with Crippen LogP contribution in [0.5, 0.6) is 0 Å². The number of rotatable bonds is 2. The van der Waals surface area contributed by atoms with Gasteiger partial charge in [-0.2, -0.15) is 0 Å². The van der Waals surface area contributed by atoms with Gasteiger partial charge in [0.05, 0.1) is 18.3 Å². The van der Waals surface area contributed by atoms with Gasteiger partial charge in [-0.1, -0.05) is 19.3 Å². The van der Waals surface area contributed by atoms with Crippen molar-refractivity contribution in [2.75, 3.05) is 19.7 Å². The van der Waals surface area contributed by atoms with Crippen LogP contribution in [0.15, 0.2) is 0 Å². The van der Waals surface area contributed by atoms with Crippen LogP contribution in [-0.4, -0.2) is 47.3 Å². The Bertz CT molecular complexity index is 297. The molecule has 1 N–H and O–H groups in total. The lowest BCUT2D eigenvalue weighted by molar-refractivity contribution is -0.170. The van der Waals surface area contributed by atoms with Crippen LogP contribution in [0.1, 0.15) is 46.0 Å². The van der Waals surface area contributed by atoms with Crippen LogP contribution in [0.4, 0.5) is 0 Å². The number of ether oxygens (including phenoxy) is 1. The standard InChI is InChI=1S/C14H25NO3/c1-14(2)10-15(8-12(9-16)18-14)13(17)11-6-4-3-5-7-11/h11-12,16H,3-10H2,1-2H3. The Morgan fingerprint density at radius 3 is 2.61 bits per heavy atom. The van der Waals surface area contributed by atoms with Crippen molar-refractivity contribution in [1.82, 2.24) is 4.90 Å². The van der Waals surface area contributed by atoms with E-state index >= 15 is 0 Å². The molecule has 1 aliphatic carbocycles. The SMILES string of the molecule is CC1(C)CN(C(=O)C2CCCCC2)CC(CO)O1. The number of hydrogen-bond acceptors (Lipinski definition) is 3. The minimum atomic E-state index is -0.351. The molecule has 4 nitrogen and oxygen atoms in total. The van der Waals surface area contributed by atoms with Crippen LogP contribution in [0.3, 0.4) is 0 Å². The number of morpholine rings is 1. The molecular formula is C14H25NO3. The van der Waals surface area contributed by atoms with Crippen molar-refractivity contribution in [2.24, 2.45) is 5.92 Å². The van der Waals surface area contributed by atoms with Crippen LogP contribution in [0, 0.1) is 5.92 Å². The summed E-state index contributed by atoms with van der Waals surface area (Å²) in [5.41, 5.74) is -0.351. The van der Waals surface area contributed by atoms with Crippen LogP contribution < -0.4 is 0 Å². The monoisotopic (exact) mass is 255 g/mol. The first-order chi connectivity index (χ1) is 8.52. The highest BCUT2D eigenvalue weighted by Crippen LogP contribution is 2.28. The van der Waals surface area contributed by atoms with Crippen molar-refractivity contribution in [3.8, 4) is 0 Å². The lowest BCUT2D eigenvalue weighted by Crippen LogP contribution is -2.56. The summed E-state index contributed by atoms with van der Waals surface area (Å²) in [7, 11) is 0. The first-order valence-corrected chi connectivity index (χ1v) is 7.09. The Balaban J connectivity index is 1.99. The van der Waals surface area contributed by atoms with Gasteiger partial charge in [-0.25, -0.2) is 0 Å². The molecule has 2 aliphatic rings. The topological polar surface area (TPSA) is 49.8 Å². The molecule has 1 saturated heterocycles. The first kappa shape index (κ1) is 13.8. The van der Waals surface area contributed by atoms with Crippen molar-refractivity contribution in [1.29, 1.82) is 0 Å². The molecule has 0 aromatic carbocycles. The molecule has 0 bridgehead atoms. The number of hydrogen-bond donors (Lipinski definition) is 1. The lowest BCUT2D eigenvalue weighted by atomic mass is 9.87. The number of nitrogens with zero attached hydrogens (tertiary/aromatic N) is 1. The number of aliphatic hydroxyl groups excluding tert-OH is 1. The summed E-state index contributed by atoms with van der Waals surface area (Å²) in [5.74, 6) is 0.469. The van der Waals surface area contributed by atoms with Gasteiger partial charge in [0, 0.05) is 19.0 Å². The lowest BCUT2D eigenvalue weighted by Gasteiger charge is -2.43. The summed E-state index contributed by atoms with van der Waals surface area (Å²) >= 11 is 0. The highest BCUT2D eigenvalue weighted by Gasteiger charge is 2.37. The molecule has 2 rings (SSSR count). The van der Waals surface area contributed by atoms with Crippen LogP contribution >= 0.6 is 0 Å². The van der Waals surface area contributed by atoms with Gasteiger partial charge in [0.2, 0.25) is 5.91 Å². The third kappa shape index (κ3) is 3.23. The van der Waals surface area contributed by atoms with Crippen LogP contribution in [0.2, 0.25) is 0 Å². The van der Waals surface area contributed by atoms with Gasteiger partial charge in [-0.15, -0.1) is 0 Å². The molecule has 0 aromatic heterocycles. The Kier molecular flexibility index (Phi) is 4.28. The second-order valence-corrected chi connectivity index (χ2v) is 6.24. The van der Waals surface area contributed by atoms with E-state index in [-0.39, 0.29) is 30.1 Å². The quantitative estimate of drug-likeness (QED) is 0.814. The maximum absolute atomic E-state index is 12.5. The minimum absolute atomic E-state index is 0.0160. The third-order valence-corrected chi connectivity index (χ3v) is 3.95. The van der Waals surface area contributed by atoms with Crippen molar-refractivity contribution in [3.05, 3.63) is 0 Å². The van der Waals surface area contributed by atoms with E-state index in [9.17, 15) is 9.90 Å². The van der Waals surface area contributed by atoms with E-state index in [2.05, 4.69) is 0 Å². The van der Waals surface area contributed by atoms with Gasteiger partial charge in [0.15, 0.2) is 0 Å². The van der Waals surface area contributed by atoms with Crippen LogP contribution in [0.25, 0.3) is 0 Å². The van der Waals surface area contributed by atoms with E-state index in [0.717, 1.165) is 12.8 Å². The summed E-state index contributed by atoms with van der Waals surface area (Å²) < 4.78 is 5.75. The van der Waals surface area contributed by atoms with Gasteiger partial charge >= 0.3 is 0 Å². The average Bonchev–Trinajstić information content (AvgIpc) is 2.37. The fourth-order valence-electron chi connectivity index (χ4n) is 3.17. The molecule has 4 heteroatoms. The molecule has 0 radical (unpaired) electrons. The Hall–Kier alpha value is -0.610. The normalized spacial score (nSPS) is 29.3. The fraction of sp³-hybridized carbons (Fsp3) is 0.929. The van der Waals surface area contributed by atoms with E-state index in [1.165, 1.54) is 19.3 Å². The molecule has 1 aliphatic heterocycles. The van der Waals surface area contributed by atoms with Crippen molar-refractivity contribution < 1.29 is 14.6 Å². The highest BCUT2D eigenvalue weighted by molar-refractivity contribution is 5.79. The van der Waals surface area contributed by atoms with E-state index in [0.29, 0.717) is 13.1 Å². The van der Waals surface area contributed by atoms with E-state index < -0.39 is 0 Å². The van der Waals surface area contributed by atoms with E-state index in [1.807, 2.05) is 18.7 Å². The average molecular weight is 255 g/mol. The highest BCUT2D eigenvalue weighted by atomic mass is 16.5. The molecule has 0 aromatic rings. The number of aliphatic hydroxyl groups is 1. The fourth-order valence-corrected chi connectivity index (χ4v) is 3.17. The maximum atomic E-state index is 12.5. The number of amides is 1. The molecule has 104 valence electrons. The predicted molar refractivity (Wildman–Crippen MR) is 69.2 cm³/mol. The Morgan fingerprint density at radius 1 is 1.33 bits per heavy atom. The summed E-state index contributed by atoms with van der Waals surface area (Å²) in [6, 6.07) is 0. The molecule has 0 spiro atoms. The van der Waals surface area contributed by atoms with Gasteiger partial charge in [-0.05, 0) is 26.7 Å². The molecule has 1 amide bonds. The largest absolute Gasteiger partial charge is 0.394 e. The second kappa shape index (κ2) is 5.57. The Morgan fingerprint density at radius 2 is 2.00 bits per heavy atom. The summed E-state index contributed by atoms with van der Waals surface area (Å²) in [6.07, 6.45) is 5.43. The number of carbonyl (C=O) groups excluding carboxylic acids is 1. The third-order valence-electron chi connectivity index (χ3n) is 3.95. The molecule has 18 heavy (non-hydrogen) atoms. The van der Waals surface area contributed by atoms with Crippen molar-refractivity contribution >= 4 is 5.91 Å². The van der Waals surface area contributed by atoms with Crippen LogP contribution in [-0.2, 0) is 9.53 Å². The van der Waals surface area contributed by atoms with Gasteiger partial charge in [0.25, 0.3) is 0 Å². The molecule has 2 fully saturated rings. The summed E-state index contributed by atoms with van der Waals surface area (Å²) in [6.45, 7) is 5.12. The molecule has 1 unspecified atom stereocenters. The Labute approximate surface area is 109 Å². The summed E-state index contributed by atoms with van der Waals surface area (Å²) in [5, 5.41) is 9.27. The molecule has 1 atom stereocenters. The zero-order valence-electron chi connectivity index (χ0n) is 11.5. The molecule has 1 heterocycles. The zero-order chi connectivity index (χ0) is 13.2. The molecule has 1 saturated carbocycles. The summed E-state index contributed by atoms with van der Waals surface area (Å²) in [4.78, 5) is 14.4. The van der Waals surface area contributed by atoms with Crippen molar-refractivity contribution in [2.45, 2.75) is 57.7 Å². The smallest absolute Gasteiger partial charge is 0.225 e. The van der Waals surface area contributed by atoms with Gasteiger partial charge < -0.3 is 14.7 Å². The van der Waals surface area contributed by atoms with Gasteiger partial charge in [0.1, 0.15) is 0 Å². The first-order valence-electron chi connectivity index (χ1n) is 7.09. The van der Waals surface area contributed by atoms with Crippen molar-refractivity contribution in [3.63, 3.8) is 0 Å². The maximum Gasteiger partial charge on any atom is 0.225 e.